The van der Waals surface area contributed by atoms with E-state index in [1.165, 1.54) is 7.05 Å². The Morgan fingerprint density at radius 2 is 1.85 bits per heavy atom. The molecule has 1 rings (SSSR count). The van der Waals surface area contributed by atoms with Crippen molar-refractivity contribution >= 4 is 23.6 Å². The van der Waals surface area contributed by atoms with Gasteiger partial charge in [0.15, 0.2) is 0 Å². The van der Waals surface area contributed by atoms with Crippen molar-refractivity contribution in [3.8, 4) is 0 Å². The van der Waals surface area contributed by atoms with Gasteiger partial charge in [0.1, 0.15) is 6.04 Å². The second kappa shape index (κ2) is 12.0. The molecule has 2 atom stereocenters. The number of amides is 4. The average molecular weight is 466 g/mol. The van der Waals surface area contributed by atoms with Crippen molar-refractivity contribution in [3.05, 3.63) is 0 Å². The number of imide groups is 1. The molecule has 0 aromatic carbocycles. The van der Waals surface area contributed by atoms with Gasteiger partial charge in [-0.3, -0.25) is 24.1 Å². The Morgan fingerprint density at radius 1 is 1.27 bits per heavy atom. The van der Waals surface area contributed by atoms with Crippen LogP contribution in [0.2, 0.25) is 0 Å². The number of quaternary nitrogens is 1. The fourth-order valence-corrected chi connectivity index (χ4v) is 2.63. The third-order valence-corrected chi connectivity index (χ3v) is 3.98. The molecule has 4 amide bonds. The third-order valence-electron chi connectivity index (χ3n) is 3.98. The van der Waals surface area contributed by atoms with Crippen LogP contribution < -0.4 is 23.0 Å². The Balaban J connectivity index is 0. The fraction of sp³-hybridized carbons (Fsp3) is 0.750. The zero-order valence-corrected chi connectivity index (χ0v) is 19.8. The summed E-state index contributed by atoms with van der Waals surface area (Å²) in [6, 6.07) is -1.08. The van der Waals surface area contributed by atoms with E-state index in [1.54, 1.807) is 6.92 Å². The minimum atomic E-state index is -1.08. The van der Waals surface area contributed by atoms with Gasteiger partial charge < -0.3 is 27.5 Å². The number of halogens is 1. The number of carbonyl (C=O) groups is 4. The molecule has 147 valence electrons. The quantitative estimate of drug-likeness (QED) is 0.218. The SMILES string of the molecule is CNC(=O)C(CC(=O)NCCC[N+](C)(C)C)N1C(=O)CC(C)C1=O.[Cl-].[Y]. The van der Waals surface area contributed by atoms with Crippen molar-refractivity contribution in [1.82, 2.24) is 15.5 Å². The van der Waals surface area contributed by atoms with Crippen molar-refractivity contribution in [2.45, 2.75) is 32.2 Å². The van der Waals surface area contributed by atoms with Crippen LogP contribution in [0.4, 0.5) is 0 Å². The van der Waals surface area contributed by atoms with Crippen molar-refractivity contribution in [2.75, 3.05) is 41.3 Å². The minimum absolute atomic E-state index is 0. The molecule has 26 heavy (non-hydrogen) atoms. The monoisotopic (exact) mass is 465 g/mol. The van der Waals surface area contributed by atoms with E-state index in [4.69, 9.17) is 0 Å². The molecule has 0 saturated carbocycles. The Morgan fingerprint density at radius 3 is 2.27 bits per heavy atom. The maximum absolute atomic E-state index is 12.1. The predicted octanol–water partition coefficient (Wildman–Crippen LogP) is -3.90. The third kappa shape index (κ3) is 8.42. The molecule has 2 N–H and O–H groups in total. The molecule has 0 aromatic rings. The van der Waals surface area contributed by atoms with Crippen molar-refractivity contribution in [1.29, 1.82) is 0 Å². The van der Waals surface area contributed by atoms with Gasteiger partial charge in [0, 0.05) is 65.1 Å². The molecule has 1 heterocycles. The summed E-state index contributed by atoms with van der Waals surface area (Å²) in [6.45, 7) is 3.04. The largest absolute Gasteiger partial charge is 1.00 e. The molecule has 1 aliphatic heterocycles. The minimum Gasteiger partial charge on any atom is -1.00 e. The van der Waals surface area contributed by atoms with Crippen molar-refractivity contribution < 1.29 is 68.8 Å². The van der Waals surface area contributed by atoms with Gasteiger partial charge in [0.2, 0.25) is 23.6 Å². The summed E-state index contributed by atoms with van der Waals surface area (Å²) in [4.78, 5) is 49.2. The van der Waals surface area contributed by atoms with E-state index in [0.717, 1.165) is 22.3 Å². The molecule has 1 radical (unpaired) electrons. The molecule has 1 fully saturated rings. The molecule has 1 aliphatic rings. The van der Waals surface area contributed by atoms with Crippen LogP contribution in [0.3, 0.4) is 0 Å². The normalized spacial score (nSPS) is 17.9. The Bertz CT molecular complexity index is 525. The van der Waals surface area contributed by atoms with Crippen LogP contribution in [0.5, 0.6) is 0 Å². The van der Waals surface area contributed by atoms with Crippen LogP contribution in [0.25, 0.3) is 0 Å². The predicted molar refractivity (Wildman–Crippen MR) is 88.6 cm³/mol. The molecule has 0 aromatic heterocycles. The molecular formula is C16H29ClN4O4Y. The van der Waals surface area contributed by atoms with Crippen molar-refractivity contribution in [2.24, 2.45) is 5.92 Å². The van der Waals surface area contributed by atoms with Crippen molar-refractivity contribution in [3.63, 3.8) is 0 Å². The number of nitrogens with zero attached hydrogens (tertiary/aromatic N) is 2. The van der Waals surface area contributed by atoms with Crippen LogP contribution in [0, 0.1) is 5.92 Å². The Hall–Kier alpha value is -0.566. The molecular weight excluding hydrogens is 437 g/mol. The summed E-state index contributed by atoms with van der Waals surface area (Å²) in [5.74, 6) is -2.10. The summed E-state index contributed by atoms with van der Waals surface area (Å²) in [6.07, 6.45) is 0.671. The van der Waals surface area contributed by atoms with E-state index in [1.807, 2.05) is 0 Å². The molecule has 0 bridgehead atoms. The summed E-state index contributed by atoms with van der Waals surface area (Å²) in [5, 5.41) is 5.17. The number of likely N-dealkylation sites (N-methyl/N-ethyl adjacent to an activating group) is 1. The van der Waals surface area contributed by atoms with E-state index in [-0.39, 0.29) is 63.9 Å². The maximum Gasteiger partial charge on any atom is 0.243 e. The zero-order chi connectivity index (χ0) is 18.5. The van der Waals surface area contributed by atoms with Gasteiger partial charge in [-0.25, -0.2) is 0 Å². The average Bonchev–Trinajstić information content (AvgIpc) is 2.73. The summed E-state index contributed by atoms with van der Waals surface area (Å²) < 4.78 is 0.797. The summed E-state index contributed by atoms with van der Waals surface area (Å²) >= 11 is 0. The first kappa shape index (κ1) is 27.7. The van der Waals surface area contributed by atoms with Crippen LogP contribution in [-0.2, 0) is 51.9 Å². The number of rotatable bonds is 8. The Labute approximate surface area is 186 Å². The van der Waals surface area contributed by atoms with Gasteiger partial charge in [-0.2, -0.15) is 0 Å². The van der Waals surface area contributed by atoms with Gasteiger partial charge in [-0.15, -0.1) is 0 Å². The summed E-state index contributed by atoms with van der Waals surface area (Å²) in [5.41, 5.74) is 0. The summed E-state index contributed by atoms with van der Waals surface area (Å²) in [7, 11) is 7.61. The Kier molecular flexibility index (Phi) is 12.8. The van der Waals surface area contributed by atoms with Crippen LogP contribution in [0.15, 0.2) is 0 Å². The van der Waals surface area contributed by atoms with Gasteiger partial charge in [0.05, 0.1) is 34.1 Å². The van der Waals surface area contributed by atoms with Gasteiger partial charge in [-0.05, 0) is 0 Å². The van der Waals surface area contributed by atoms with Crippen LogP contribution in [0.1, 0.15) is 26.2 Å². The fourth-order valence-electron chi connectivity index (χ4n) is 2.63. The number of hydrogen-bond acceptors (Lipinski definition) is 4. The van der Waals surface area contributed by atoms with E-state index in [2.05, 4.69) is 31.8 Å². The molecule has 10 heteroatoms. The second-order valence-electron chi connectivity index (χ2n) is 7.26. The number of carbonyl (C=O) groups excluding carboxylic acids is 4. The number of hydrogen-bond donors (Lipinski definition) is 2. The van der Waals surface area contributed by atoms with Gasteiger partial charge in [-0.1, -0.05) is 6.92 Å². The first-order valence-electron chi connectivity index (χ1n) is 8.21. The van der Waals surface area contributed by atoms with E-state index < -0.39 is 29.7 Å². The first-order chi connectivity index (χ1) is 11.1. The number of likely N-dealkylation sites (tertiary alicyclic amines) is 1. The molecule has 1 saturated heterocycles. The number of nitrogens with one attached hydrogen (secondary N) is 2. The van der Waals surface area contributed by atoms with E-state index >= 15 is 0 Å². The molecule has 8 nitrogen and oxygen atoms in total. The van der Waals surface area contributed by atoms with Crippen LogP contribution in [-0.4, -0.2) is 80.3 Å². The van der Waals surface area contributed by atoms with Crippen LogP contribution >= 0.6 is 0 Å². The standard InChI is InChI=1S/C16H28N4O4.ClH.Y/c1-11-9-14(22)19(16(11)24)12(15(23)17-2)10-13(21)18-7-6-8-20(3,4)5;;/h11-12H,6-10H2,1-5H3,(H-,17,18,21,23);1H;. The van der Waals surface area contributed by atoms with Gasteiger partial charge in [0.25, 0.3) is 0 Å². The molecule has 0 spiro atoms. The zero-order valence-electron chi connectivity index (χ0n) is 16.2. The van der Waals surface area contributed by atoms with Gasteiger partial charge >= 0.3 is 0 Å². The van der Waals surface area contributed by atoms with E-state index in [9.17, 15) is 19.2 Å². The topological polar surface area (TPSA) is 95.6 Å². The second-order valence-corrected chi connectivity index (χ2v) is 7.26. The first-order valence-corrected chi connectivity index (χ1v) is 8.21. The van der Waals surface area contributed by atoms with E-state index in [0.29, 0.717) is 6.54 Å². The molecule has 2 unspecified atom stereocenters. The molecule has 0 aliphatic carbocycles. The smallest absolute Gasteiger partial charge is 0.243 e. The maximum atomic E-state index is 12.1.